The number of carbonyl (C=O) groups excluding carboxylic acids is 1. The average Bonchev–Trinajstić information content (AvgIpc) is 2.88. The van der Waals surface area contributed by atoms with Gasteiger partial charge in [0.1, 0.15) is 16.7 Å². The van der Waals surface area contributed by atoms with Crippen molar-refractivity contribution in [1.29, 1.82) is 0 Å². The van der Waals surface area contributed by atoms with Crippen molar-refractivity contribution in [3.63, 3.8) is 0 Å². The summed E-state index contributed by atoms with van der Waals surface area (Å²) < 4.78 is 64.9. The number of halogens is 2. The third kappa shape index (κ3) is 2.44. The Morgan fingerprint density at radius 3 is 2.53 bits per heavy atom. The second-order valence-corrected chi connectivity index (χ2v) is 5.72. The smallest absolute Gasteiger partial charge is 0.389 e. The summed E-state index contributed by atoms with van der Waals surface area (Å²) in [6.07, 6.45) is 0. The molecule has 0 spiro atoms. The molecule has 6 nitrogen and oxygen atoms in total. The van der Waals surface area contributed by atoms with Gasteiger partial charge in [-0.05, 0) is 18.2 Å². The lowest BCUT2D eigenvalue weighted by atomic mass is 10.2. The van der Waals surface area contributed by atoms with Gasteiger partial charge < -0.3 is 9.15 Å². The number of alkyl halides is 2. The second-order valence-electron chi connectivity index (χ2n) is 3.62. The molecule has 0 aliphatic heterocycles. The number of carbonyl (C=O) groups is 1. The molecule has 0 amide bonds. The maximum absolute atomic E-state index is 13.1. The molecule has 2 aromatic heterocycles. The Morgan fingerprint density at radius 2 is 2.11 bits per heavy atom. The van der Waals surface area contributed by atoms with Gasteiger partial charge in [0.25, 0.3) is 0 Å². The predicted molar refractivity (Wildman–Crippen MR) is 58.9 cm³/mol. The fraction of sp³-hybridized carbons (Fsp3) is 0.222. The zero-order chi connectivity index (χ0) is 14.4. The minimum atomic E-state index is -5.69. The van der Waals surface area contributed by atoms with Crippen LogP contribution in [0.2, 0.25) is 0 Å². The molecule has 0 aliphatic carbocycles. The van der Waals surface area contributed by atoms with Crippen molar-refractivity contribution in [1.82, 2.24) is 0 Å². The minimum absolute atomic E-state index is 0.101. The van der Waals surface area contributed by atoms with Crippen LogP contribution in [0.1, 0.15) is 10.4 Å². The summed E-state index contributed by atoms with van der Waals surface area (Å²) in [5, 5.41) is -4.62. The maximum atomic E-state index is 13.1. The molecule has 0 aromatic carbocycles. The van der Waals surface area contributed by atoms with Crippen LogP contribution in [-0.2, 0) is 14.9 Å². The largest absolute Gasteiger partial charge is 0.470 e. The fourth-order valence-electron chi connectivity index (χ4n) is 1.34. The van der Waals surface area contributed by atoms with Gasteiger partial charge in [-0.3, -0.25) is 4.55 Å². The van der Waals surface area contributed by atoms with E-state index in [1.165, 1.54) is 28.4 Å². The Kier molecular flexibility index (Phi) is 3.30. The lowest BCUT2D eigenvalue weighted by Crippen LogP contribution is -2.44. The summed E-state index contributed by atoms with van der Waals surface area (Å²) in [4.78, 5) is 9.13. The molecule has 2 heterocycles. The molecule has 0 saturated carbocycles. The van der Waals surface area contributed by atoms with Gasteiger partial charge in [-0.1, -0.05) is 0 Å². The van der Waals surface area contributed by atoms with E-state index in [9.17, 15) is 22.0 Å². The lowest BCUT2D eigenvalue weighted by molar-refractivity contribution is -0.0285. The van der Waals surface area contributed by atoms with Gasteiger partial charge in [-0.2, -0.15) is 17.2 Å². The zero-order valence-electron chi connectivity index (χ0n) is 9.04. The first-order chi connectivity index (χ1) is 8.63. The van der Waals surface area contributed by atoms with E-state index in [0.29, 0.717) is 5.58 Å². The average molecular weight is 306 g/mol. The molecular formula is C9H5AlF2O6S. The van der Waals surface area contributed by atoms with E-state index in [2.05, 4.69) is 4.74 Å². The number of hydrogen-bond donors (Lipinski definition) is 1. The van der Waals surface area contributed by atoms with Crippen molar-refractivity contribution in [3.8, 4) is 0 Å². The van der Waals surface area contributed by atoms with Gasteiger partial charge in [0, 0.05) is 0 Å². The van der Waals surface area contributed by atoms with E-state index >= 15 is 0 Å². The van der Waals surface area contributed by atoms with Crippen molar-refractivity contribution < 1.29 is 35.7 Å². The molecule has 1 unspecified atom stereocenters. The van der Waals surface area contributed by atoms with Crippen LogP contribution >= 0.6 is 0 Å². The Morgan fingerprint density at radius 1 is 1.47 bits per heavy atom. The highest BCUT2D eigenvalue weighted by Gasteiger charge is 2.50. The lowest BCUT2D eigenvalue weighted by Gasteiger charge is -2.21. The molecule has 2 aromatic rings. The monoisotopic (exact) mass is 306 g/mol. The standard InChI is InChI=1S/C9H5F2O6S.Al/c10-9(11,18(13,14)15)4-16-8(12)6-3-5-1-2-7(6)17-5;/h1-4H,(H,13,14,15);. The van der Waals surface area contributed by atoms with E-state index in [4.69, 9.17) is 8.97 Å². The van der Waals surface area contributed by atoms with Crippen LogP contribution < -0.4 is 0 Å². The van der Waals surface area contributed by atoms with Crippen molar-refractivity contribution >= 4 is 43.5 Å². The predicted octanol–water partition coefficient (Wildman–Crippen LogP) is 1.00. The van der Waals surface area contributed by atoms with E-state index in [1.54, 1.807) is 6.07 Å². The van der Waals surface area contributed by atoms with E-state index in [1.807, 2.05) is 0 Å². The van der Waals surface area contributed by atoms with Crippen molar-refractivity contribution in [2.75, 3.05) is 0 Å². The van der Waals surface area contributed by atoms with Crippen LogP contribution in [0, 0.1) is 0 Å². The van der Waals surface area contributed by atoms with E-state index in [0.717, 1.165) is 0 Å². The molecule has 0 fully saturated rings. The van der Waals surface area contributed by atoms with Crippen LogP contribution in [0.25, 0.3) is 11.2 Å². The number of fused-ring (bicyclic) bond motifs is 2. The highest BCUT2D eigenvalue weighted by molar-refractivity contribution is 7.87. The van der Waals surface area contributed by atoms with Crippen LogP contribution in [-0.4, -0.2) is 45.5 Å². The summed E-state index contributed by atoms with van der Waals surface area (Å²) in [5.41, 5.74) is 0.382. The molecule has 1 atom stereocenters. The van der Waals surface area contributed by atoms with Crippen LogP contribution in [0.5, 0.6) is 0 Å². The summed E-state index contributed by atoms with van der Waals surface area (Å²) in [5.74, 6) is -1.18. The van der Waals surface area contributed by atoms with Gasteiger partial charge in [-0.15, -0.1) is 0 Å². The number of ether oxygens (including phenoxy) is 1. The summed E-state index contributed by atoms with van der Waals surface area (Å²) in [6, 6.07) is 4.25. The molecule has 10 heteroatoms. The van der Waals surface area contributed by atoms with Gasteiger partial charge >= 0.3 is 21.3 Å². The molecular weight excluding hydrogens is 301 g/mol. The number of rotatable bonds is 4. The summed E-state index contributed by atoms with van der Waals surface area (Å²) in [7, 11) is -5.69. The van der Waals surface area contributed by atoms with Crippen LogP contribution in [0.15, 0.2) is 22.6 Å². The Bertz CT molecular complexity index is 709. The van der Waals surface area contributed by atoms with Gasteiger partial charge in [0.2, 0.25) is 16.3 Å². The minimum Gasteiger partial charge on any atom is -0.470 e. The Balaban J connectivity index is 2.18. The number of hydrogen-bond acceptors (Lipinski definition) is 5. The molecule has 0 aliphatic rings. The third-order valence-corrected chi connectivity index (χ3v) is 4.02. The zero-order valence-corrected chi connectivity index (χ0v) is 11.0. The molecule has 2 radical (unpaired) electrons. The fourth-order valence-corrected chi connectivity index (χ4v) is 2.32. The first-order valence-corrected chi connectivity index (χ1v) is 6.87. The van der Waals surface area contributed by atoms with Gasteiger partial charge in [-0.25, -0.2) is 4.79 Å². The van der Waals surface area contributed by atoms with Gasteiger partial charge in [0.05, 0.1) is 4.97 Å². The normalized spacial score (nSPS) is 14.7. The summed E-state index contributed by atoms with van der Waals surface area (Å²) >= 11 is 1.35. The quantitative estimate of drug-likeness (QED) is 0.514. The van der Waals surface area contributed by atoms with Crippen molar-refractivity contribution in [2.45, 2.75) is 10.2 Å². The molecule has 19 heavy (non-hydrogen) atoms. The molecule has 1 N–H and O–H groups in total. The summed E-state index contributed by atoms with van der Waals surface area (Å²) in [6.45, 7) is 0. The van der Waals surface area contributed by atoms with Crippen LogP contribution in [0.4, 0.5) is 8.78 Å². The number of esters is 1. The molecule has 0 saturated heterocycles. The topological polar surface area (TPSA) is 93.8 Å². The number of furan rings is 2. The van der Waals surface area contributed by atoms with E-state index < -0.39 is 26.3 Å². The molecule has 2 rings (SSSR count). The van der Waals surface area contributed by atoms with Crippen molar-refractivity contribution in [2.24, 2.45) is 0 Å². The van der Waals surface area contributed by atoms with E-state index in [-0.39, 0.29) is 11.1 Å². The highest BCUT2D eigenvalue weighted by Crippen LogP contribution is 2.28. The Labute approximate surface area is 113 Å². The van der Waals surface area contributed by atoms with Crippen molar-refractivity contribution in [3.05, 3.63) is 23.8 Å². The molecule has 100 valence electrons. The third-order valence-electron chi connectivity index (χ3n) is 2.31. The first-order valence-electron chi connectivity index (χ1n) is 4.76. The Hall–Kier alpha value is -1.21. The highest BCUT2D eigenvalue weighted by atomic mass is 32.2. The second kappa shape index (κ2) is 4.42. The maximum Gasteiger partial charge on any atom is 0.389 e. The first kappa shape index (κ1) is 14.2. The van der Waals surface area contributed by atoms with Crippen LogP contribution in [0.3, 0.4) is 0 Å². The molecule has 2 bridgehead atoms. The number of benzene rings is 1. The SMILES string of the molecule is O=C(O[CH]([Al])C(F)(F)S(=O)(=O)O)c1cc2ccc1o2. The van der Waals surface area contributed by atoms with Gasteiger partial charge in [0.15, 0.2) is 0 Å².